The van der Waals surface area contributed by atoms with E-state index in [1.807, 2.05) is 13.2 Å². The Morgan fingerprint density at radius 2 is 1.64 bits per heavy atom. The van der Waals surface area contributed by atoms with E-state index in [9.17, 15) is 40.3 Å². The van der Waals surface area contributed by atoms with Crippen molar-refractivity contribution in [1.29, 1.82) is 0 Å². The van der Waals surface area contributed by atoms with Crippen LogP contribution in [0.15, 0.2) is 54.7 Å². The number of halogens is 8. The first kappa shape index (κ1) is 33.2. The maximum absolute atomic E-state index is 13.9. The van der Waals surface area contributed by atoms with Gasteiger partial charge in [0.15, 0.2) is 0 Å². The quantitative estimate of drug-likeness (QED) is 0.225. The Hall–Kier alpha value is -3.32. The number of aromatic nitrogens is 1. The minimum absolute atomic E-state index is 0.0217. The van der Waals surface area contributed by atoms with Gasteiger partial charge in [0.25, 0.3) is 11.8 Å². The highest BCUT2D eigenvalue weighted by atomic mass is 35.5. The number of alkyl halides is 7. The Labute approximate surface area is 246 Å². The highest BCUT2D eigenvalue weighted by Crippen LogP contribution is 2.51. The zero-order valence-corrected chi connectivity index (χ0v) is 24.0. The molecule has 0 unspecified atom stereocenters. The summed E-state index contributed by atoms with van der Waals surface area (Å²) in [5.74, 6) is -12.3. The van der Waals surface area contributed by atoms with Crippen LogP contribution in [0.1, 0.15) is 50.0 Å². The summed E-state index contributed by atoms with van der Waals surface area (Å²) in [7, 11) is 0. The molecule has 1 aromatic heterocycles. The van der Waals surface area contributed by atoms with E-state index in [1.165, 1.54) is 18.2 Å². The Morgan fingerprint density at radius 3 is 2.21 bits per heavy atom. The molecule has 14 heteroatoms. The molecule has 226 valence electrons. The van der Waals surface area contributed by atoms with Gasteiger partial charge in [-0.15, -0.1) is 0 Å². The number of anilines is 1. The van der Waals surface area contributed by atoms with Crippen LogP contribution >= 0.6 is 23.4 Å². The summed E-state index contributed by atoms with van der Waals surface area (Å²) >= 11 is 7.80. The molecule has 1 atom stereocenters. The maximum atomic E-state index is 13.9. The summed E-state index contributed by atoms with van der Waals surface area (Å²) in [6, 6.07) is 10.6. The predicted molar refractivity (Wildman–Crippen MR) is 148 cm³/mol. The fraction of sp³-hybridized carbons (Fsp3) is 0.321. The van der Waals surface area contributed by atoms with Crippen LogP contribution in [0.5, 0.6) is 0 Å². The van der Waals surface area contributed by atoms with Crippen molar-refractivity contribution in [3.05, 3.63) is 93.3 Å². The number of aryl methyl sites for hydroxylation is 1. The number of rotatable bonds is 10. The molecule has 0 saturated heterocycles. The SMILES string of the molecule is CSC[C@H](C)NC(=O)c1c(Cl)cccc1C(=O)Nc1ccc(Cc2ccc(C(F)(F)C(F)(F)C(F)(F)F)nc2)cc1C. The van der Waals surface area contributed by atoms with Gasteiger partial charge in [-0.2, -0.15) is 42.5 Å². The highest BCUT2D eigenvalue weighted by Gasteiger charge is 2.74. The van der Waals surface area contributed by atoms with Crippen LogP contribution in [0.25, 0.3) is 0 Å². The lowest BCUT2D eigenvalue weighted by atomic mass is 10.0. The van der Waals surface area contributed by atoms with Crippen molar-refractivity contribution in [3.8, 4) is 0 Å². The van der Waals surface area contributed by atoms with E-state index in [4.69, 9.17) is 11.6 Å². The molecule has 3 rings (SSSR count). The summed E-state index contributed by atoms with van der Waals surface area (Å²) in [5, 5.41) is 5.64. The lowest BCUT2D eigenvalue weighted by Gasteiger charge is -2.27. The van der Waals surface area contributed by atoms with Gasteiger partial charge < -0.3 is 10.6 Å². The Morgan fingerprint density at radius 1 is 0.976 bits per heavy atom. The number of nitrogens with one attached hydrogen (secondary N) is 2. The molecule has 0 aliphatic carbocycles. The summed E-state index contributed by atoms with van der Waals surface area (Å²) in [5.41, 5.74) is 0.226. The Balaban J connectivity index is 1.76. The van der Waals surface area contributed by atoms with E-state index in [-0.39, 0.29) is 34.2 Å². The van der Waals surface area contributed by atoms with E-state index in [2.05, 4.69) is 15.6 Å². The predicted octanol–water partition coefficient (Wildman–Crippen LogP) is 7.66. The number of amides is 2. The molecule has 5 nitrogen and oxygen atoms in total. The summed E-state index contributed by atoms with van der Waals surface area (Å²) in [6.07, 6.45) is -3.69. The monoisotopic (exact) mass is 635 g/mol. The van der Waals surface area contributed by atoms with Gasteiger partial charge in [-0.1, -0.05) is 35.9 Å². The second kappa shape index (κ2) is 12.9. The average molecular weight is 636 g/mol. The molecule has 0 aliphatic heterocycles. The third-order valence-corrected chi connectivity index (χ3v) is 7.27. The summed E-state index contributed by atoms with van der Waals surface area (Å²) in [6.45, 7) is 3.50. The second-order valence-electron chi connectivity index (χ2n) is 9.47. The van der Waals surface area contributed by atoms with Crippen LogP contribution < -0.4 is 10.6 Å². The van der Waals surface area contributed by atoms with Crippen molar-refractivity contribution < 1.29 is 40.3 Å². The number of hydrogen-bond acceptors (Lipinski definition) is 4. The molecule has 0 saturated carbocycles. The largest absolute Gasteiger partial charge is 0.460 e. The Bertz CT molecular complexity index is 1450. The molecule has 2 N–H and O–H groups in total. The molecule has 2 aromatic carbocycles. The molecule has 2 amide bonds. The molecule has 0 bridgehead atoms. The normalized spacial score (nSPS) is 13.0. The van der Waals surface area contributed by atoms with E-state index in [0.717, 1.165) is 12.3 Å². The third kappa shape index (κ3) is 7.17. The molecule has 0 aliphatic rings. The fourth-order valence-electron chi connectivity index (χ4n) is 3.99. The van der Waals surface area contributed by atoms with Gasteiger partial charge in [0, 0.05) is 23.7 Å². The number of nitrogens with zero attached hydrogens (tertiary/aromatic N) is 1. The van der Waals surface area contributed by atoms with Crippen molar-refractivity contribution >= 4 is 40.9 Å². The number of carbonyl (C=O) groups is 2. The maximum Gasteiger partial charge on any atom is 0.460 e. The van der Waals surface area contributed by atoms with Crippen molar-refractivity contribution in [1.82, 2.24) is 10.3 Å². The van der Waals surface area contributed by atoms with Crippen molar-refractivity contribution in [2.24, 2.45) is 0 Å². The number of thioether (sulfide) groups is 1. The molecule has 0 spiro atoms. The first-order valence-corrected chi connectivity index (χ1v) is 14.0. The summed E-state index contributed by atoms with van der Waals surface area (Å²) in [4.78, 5) is 29.2. The first-order valence-electron chi connectivity index (χ1n) is 12.3. The topological polar surface area (TPSA) is 71.1 Å². The number of benzene rings is 2. The number of hydrogen-bond donors (Lipinski definition) is 2. The van der Waals surface area contributed by atoms with Crippen LogP contribution in [-0.4, -0.2) is 46.9 Å². The van der Waals surface area contributed by atoms with E-state index >= 15 is 0 Å². The standard InChI is InChI=1S/C28H25ClF7N3O2S/c1-15-11-17(12-18-8-10-22(37-13-18)26(30,31)27(32,33)28(34,35)36)7-9-21(15)39-24(40)19-5-4-6-20(29)23(19)25(41)38-16(2)14-42-3/h4-11,13,16H,12,14H2,1-3H3,(H,38,41)(H,39,40)/t16-/m0/s1. The summed E-state index contributed by atoms with van der Waals surface area (Å²) < 4.78 is 91.8. The second-order valence-corrected chi connectivity index (χ2v) is 10.8. The van der Waals surface area contributed by atoms with Crippen LogP contribution in [0.2, 0.25) is 5.02 Å². The zero-order valence-electron chi connectivity index (χ0n) is 22.4. The molecule has 42 heavy (non-hydrogen) atoms. The van der Waals surface area contributed by atoms with Gasteiger partial charge in [0.1, 0.15) is 5.69 Å². The van der Waals surface area contributed by atoms with E-state index in [0.29, 0.717) is 28.6 Å². The van der Waals surface area contributed by atoms with Gasteiger partial charge in [-0.25, -0.2) is 0 Å². The van der Waals surface area contributed by atoms with Crippen molar-refractivity contribution in [2.75, 3.05) is 17.3 Å². The van der Waals surface area contributed by atoms with Crippen molar-refractivity contribution in [2.45, 2.75) is 44.3 Å². The zero-order chi connectivity index (χ0) is 31.5. The van der Waals surface area contributed by atoms with Crippen LogP contribution in [0.3, 0.4) is 0 Å². The minimum atomic E-state index is -6.46. The lowest BCUT2D eigenvalue weighted by molar-refractivity contribution is -0.360. The lowest BCUT2D eigenvalue weighted by Crippen LogP contribution is -2.50. The van der Waals surface area contributed by atoms with Gasteiger partial charge >= 0.3 is 18.0 Å². The van der Waals surface area contributed by atoms with E-state index < -0.39 is 35.5 Å². The van der Waals surface area contributed by atoms with Crippen LogP contribution in [0.4, 0.5) is 36.4 Å². The van der Waals surface area contributed by atoms with E-state index in [1.54, 1.807) is 36.9 Å². The molecular weight excluding hydrogens is 611 g/mol. The van der Waals surface area contributed by atoms with Gasteiger partial charge in [0.05, 0.1) is 16.1 Å². The average Bonchev–Trinajstić information content (AvgIpc) is 2.89. The first-order chi connectivity index (χ1) is 19.5. The molecular formula is C28H25ClF7N3O2S. The molecule has 0 radical (unpaired) electrons. The molecule has 0 fully saturated rings. The molecule has 3 aromatic rings. The van der Waals surface area contributed by atoms with Gasteiger partial charge in [-0.3, -0.25) is 14.6 Å². The number of pyridine rings is 1. The van der Waals surface area contributed by atoms with Crippen LogP contribution in [-0.2, 0) is 12.3 Å². The van der Waals surface area contributed by atoms with Crippen molar-refractivity contribution in [3.63, 3.8) is 0 Å². The smallest absolute Gasteiger partial charge is 0.349 e. The minimum Gasteiger partial charge on any atom is -0.349 e. The van der Waals surface area contributed by atoms with Crippen LogP contribution in [0, 0.1) is 6.92 Å². The molecule has 1 heterocycles. The van der Waals surface area contributed by atoms with Gasteiger partial charge in [-0.05, 0) is 67.5 Å². The van der Waals surface area contributed by atoms with Gasteiger partial charge in [0.2, 0.25) is 0 Å². The fourth-order valence-corrected chi connectivity index (χ4v) is 4.83. The highest BCUT2D eigenvalue weighted by molar-refractivity contribution is 7.98. The number of carbonyl (C=O) groups excluding carboxylic acids is 2. The third-order valence-electron chi connectivity index (χ3n) is 6.12. The Kier molecular flexibility index (Phi) is 10.2.